The highest BCUT2D eigenvalue weighted by Gasteiger charge is 2.26. The van der Waals surface area contributed by atoms with E-state index in [1.54, 1.807) is 24.3 Å². The van der Waals surface area contributed by atoms with Crippen LogP contribution in [0.1, 0.15) is 15.9 Å². The zero-order chi connectivity index (χ0) is 22.8. The zero-order valence-corrected chi connectivity index (χ0v) is 18.9. The van der Waals surface area contributed by atoms with Gasteiger partial charge in [-0.05, 0) is 48.0 Å². The maximum absolute atomic E-state index is 13.6. The van der Waals surface area contributed by atoms with Crippen LogP contribution in [-0.4, -0.2) is 48.7 Å². The fraction of sp³-hybridized carbons (Fsp3) is 0.222. The van der Waals surface area contributed by atoms with E-state index in [2.05, 4.69) is 4.90 Å². The van der Waals surface area contributed by atoms with Crippen molar-refractivity contribution in [2.24, 2.45) is 5.92 Å². The van der Waals surface area contributed by atoms with E-state index in [4.69, 9.17) is 4.74 Å². The van der Waals surface area contributed by atoms with E-state index < -0.39 is 0 Å². The number of benzene rings is 3. The summed E-state index contributed by atoms with van der Waals surface area (Å²) in [6, 6.07) is 22.2. The maximum atomic E-state index is 13.6. The molecule has 2 heterocycles. The predicted octanol–water partition coefficient (Wildman–Crippen LogP) is 5.79. The Bertz CT molecular complexity index is 1260. The maximum Gasteiger partial charge on any atom is 0.195 e. The summed E-state index contributed by atoms with van der Waals surface area (Å²) in [6.07, 6.45) is 0. The Morgan fingerprint density at radius 1 is 1.06 bits per heavy atom. The fourth-order valence-electron chi connectivity index (χ4n) is 4.20. The van der Waals surface area contributed by atoms with Crippen LogP contribution in [0.15, 0.2) is 72.8 Å². The minimum Gasteiger partial charge on any atom is -0.508 e. The normalized spacial score (nSPS) is 14.3. The molecule has 5 rings (SSSR count). The van der Waals surface area contributed by atoms with Gasteiger partial charge in [-0.15, -0.1) is 11.3 Å². The molecule has 0 bridgehead atoms. The number of ether oxygens (including phenoxy) is 1. The molecule has 1 fully saturated rings. The van der Waals surface area contributed by atoms with Gasteiger partial charge in [-0.1, -0.05) is 30.3 Å². The second kappa shape index (κ2) is 9.33. The summed E-state index contributed by atoms with van der Waals surface area (Å²) in [5, 5.41) is 10.8. The van der Waals surface area contributed by atoms with Crippen LogP contribution in [-0.2, 0) is 0 Å². The van der Waals surface area contributed by atoms with Crippen molar-refractivity contribution in [2.45, 2.75) is 0 Å². The molecule has 0 spiro atoms. The third-order valence-corrected chi connectivity index (χ3v) is 7.18. The van der Waals surface area contributed by atoms with Crippen LogP contribution in [0.2, 0.25) is 0 Å². The van der Waals surface area contributed by atoms with Crippen LogP contribution in [0.4, 0.5) is 4.39 Å². The van der Waals surface area contributed by atoms with E-state index in [1.165, 1.54) is 11.3 Å². The molecule has 0 saturated carbocycles. The summed E-state index contributed by atoms with van der Waals surface area (Å²) in [6.45, 7) is 2.64. The largest absolute Gasteiger partial charge is 0.508 e. The highest BCUT2D eigenvalue weighted by atomic mass is 32.1. The van der Waals surface area contributed by atoms with Crippen molar-refractivity contribution in [1.82, 2.24) is 4.90 Å². The Labute approximate surface area is 195 Å². The molecule has 168 valence electrons. The third kappa shape index (κ3) is 4.49. The number of carbonyl (C=O) groups excluding carboxylic acids is 1. The molecule has 1 aliphatic rings. The number of alkyl halides is 1. The second-order valence-electron chi connectivity index (χ2n) is 8.33. The van der Waals surface area contributed by atoms with Gasteiger partial charge in [-0.2, -0.15) is 0 Å². The first-order valence-corrected chi connectivity index (χ1v) is 11.8. The summed E-state index contributed by atoms with van der Waals surface area (Å²) >= 11 is 1.51. The summed E-state index contributed by atoms with van der Waals surface area (Å²) < 4.78 is 19.2. The van der Waals surface area contributed by atoms with Crippen LogP contribution in [0, 0.1) is 5.92 Å². The van der Waals surface area contributed by atoms with Crippen LogP contribution >= 0.6 is 11.3 Å². The lowest BCUT2D eigenvalue weighted by Gasteiger charge is -2.37. The van der Waals surface area contributed by atoms with Gasteiger partial charge in [0.15, 0.2) is 5.78 Å². The molecule has 3 aromatic carbocycles. The summed E-state index contributed by atoms with van der Waals surface area (Å²) in [5.74, 6) is 1.00. The van der Waals surface area contributed by atoms with E-state index >= 15 is 0 Å². The zero-order valence-electron chi connectivity index (χ0n) is 18.0. The van der Waals surface area contributed by atoms with Crippen molar-refractivity contribution < 1.29 is 19.0 Å². The lowest BCUT2D eigenvalue weighted by atomic mass is 9.97. The van der Waals surface area contributed by atoms with Gasteiger partial charge in [0.25, 0.3) is 0 Å². The number of phenols is 1. The molecule has 6 heteroatoms. The lowest BCUT2D eigenvalue weighted by Crippen LogP contribution is -2.49. The van der Waals surface area contributed by atoms with E-state index in [9.17, 15) is 14.3 Å². The molecule has 1 N–H and O–H groups in total. The third-order valence-electron chi connectivity index (χ3n) is 5.98. The number of hydrogen-bond acceptors (Lipinski definition) is 5. The number of rotatable bonds is 8. The van der Waals surface area contributed by atoms with E-state index in [0.29, 0.717) is 23.5 Å². The van der Waals surface area contributed by atoms with E-state index in [-0.39, 0.29) is 24.1 Å². The molecular formula is C27H24FNO3S. The minimum absolute atomic E-state index is 0.0600. The quantitative estimate of drug-likeness (QED) is 0.338. The van der Waals surface area contributed by atoms with Gasteiger partial charge in [-0.3, -0.25) is 14.1 Å². The predicted molar refractivity (Wildman–Crippen MR) is 130 cm³/mol. The number of phenolic OH excluding ortho intramolecular Hbond substituents is 1. The standard InChI is InChI=1S/C27H24FNO3S/c28-15-18-16-29(17-18)12-13-32-22-9-6-19(7-10-22)26(31)25-23-11-8-21(30)14-24(23)33-27(25)20-4-2-1-3-5-20/h1-11,14,18,30H,12-13,15-17H2. The summed E-state index contributed by atoms with van der Waals surface area (Å²) in [4.78, 5) is 16.7. The van der Waals surface area contributed by atoms with Crippen molar-refractivity contribution in [3.05, 3.63) is 83.9 Å². The molecule has 0 atom stereocenters. The van der Waals surface area contributed by atoms with E-state index in [0.717, 1.165) is 40.2 Å². The molecule has 33 heavy (non-hydrogen) atoms. The van der Waals surface area contributed by atoms with Crippen molar-refractivity contribution in [3.8, 4) is 21.9 Å². The van der Waals surface area contributed by atoms with Crippen LogP contribution in [0.5, 0.6) is 11.5 Å². The molecule has 4 aromatic rings. The number of carbonyl (C=O) groups is 1. The van der Waals surface area contributed by atoms with Crippen molar-refractivity contribution >= 4 is 27.2 Å². The van der Waals surface area contributed by atoms with Crippen LogP contribution in [0.3, 0.4) is 0 Å². The number of fused-ring (bicyclic) bond motifs is 1. The molecule has 4 nitrogen and oxygen atoms in total. The van der Waals surface area contributed by atoms with Gasteiger partial charge in [0, 0.05) is 51.6 Å². The Morgan fingerprint density at radius 3 is 2.55 bits per heavy atom. The number of halogens is 1. The van der Waals surface area contributed by atoms with Gasteiger partial charge < -0.3 is 9.84 Å². The molecular weight excluding hydrogens is 437 g/mol. The Morgan fingerprint density at radius 2 is 1.82 bits per heavy atom. The van der Waals surface area contributed by atoms with Crippen molar-refractivity contribution in [2.75, 3.05) is 32.9 Å². The first kappa shape index (κ1) is 21.6. The average Bonchev–Trinajstić information content (AvgIpc) is 3.19. The molecule has 0 radical (unpaired) electrons. The first-order chi connectivity index (χ1) is 16.1. The SMILES string of the molecule is O=C(c1ccc(OCCN2CC(CF)C2)cc1)c1c(-c2ccccc2)sc2cc(O)ccc12. The molecule has 1 aromatic heterocycles. The number of likely N-dealkylation sites (tertiary alicyclic amines) is 1. The Kier molecular flexibility index (Phi) is 6.11. The Balaban J connectivity index is 1.36. The molecule has 0 amide bonds. The number of thiophene rings is 1. The van der Waals surface area contributed by atoms with Gasteiger partial charge in [0.1, 0.15) is 18.1 Å². The topological polar surface area (TPSA) is 49.8 Å². The second-order valence-corrected chi connectivity index (χ2v) is 9.39. The van der Waals surface area contributed by atoms with Crippen molar-refractivity contribution in [1.29, 1.82) is 0 Å². The average molecular weight is 462 g/mol. The molecule has 1 saturated heterocycles. The smallest absolute Gasteiger partial charge is 0.195 e. The monoisotopic (exact) mass is 461 g/mol. The minimum atomic E-state index is -0.251. The molecule has 0 unspecified atom stereocenters. The highest BCUT2D eigenvalue weighted by Crippen LogP contribution is 2.41. The number of nitrogens with zero attached hydrogens (tertiary/aromatic N) is 1. The fourth-order valence-corrected chi connectivity index (χ4v) is 5.44. The van der Waals surface area contributed by atoms with Gasteiger partial charge in [-0.25, -0.2) is 0 Å². The number of aromatic hydroxyl groups is 1. The first-order valence-electron chi connectivity index (χ1n) is 11.0. The summed E-state index contributed by atoms with van der Waals surface area (Å²) in [7, 11) is 0. The van der Waals surface area contributed by atoms with Gasteiger partial charge in [0.2, 0.25) is 0 Å². The Hall–Kier alpha value is -3.22. The number of hydrogen-bond donors (Lipinski definition) is 1. The lowest BCUT2D eigenvalue weighted by molar-refractivity contribution is 0.0668. The highest BCUT2D eigenvalue weighted by molar-refractivity contribution is 7.22. The van der Waals surface area contributed by atoms with Crippen LogP contribution < -0.4 is 4.74 Å². The van der Waals surface area contributed by atoms with Crippen LogP contribution in [0.25, 0.3) is 20.5 Å². The van der Waals surface area contributed by atoms with Crippen molar-refractivity contribution in [3.63, 3.8) is 0 Å². The van der Waals surface area contributed by atoms with E-state index in [1.807, 2.05) is 48.5 Å². The number of ketones is 1. The summed E-state index contributed by atoms with van der Waals surface area (Å²) in [5.41, 5.74) is 2.21. The molecule has 1 aliphatic heterocycles. The van der Waals surface area contributed by atoms with Gasteiger partial charge in [0.05, 0.1) is 6.67 Å². The molecule has 0 aliphatic carbocycles. The van der Waals surface area contributed by atoms with Gasteiger partial charge >= 0.3 is 0 Å².